The fraction of sp³-hybridized carbons (Fsp3) is 0.882. The van der Waals surface area contributed by atoms with Crippen LogP contribution in [0, 0.1) is 11.8 Å². The molecule has 0 saturated heterocycles. The van der Waals surface area contributed by atoms with Gasteiger partial charge >= 0.3 is 0 Å². The highest BCUT2D eigenvalue weighted by Crippen LogP contribution is 2.20. The van der Waals surface area contributed by atoms with Gasteiger partial charge in [0.2, 0.25) is 0 Å². The topological polar surface area (TPSA) is 0 Å². The second kappa shape index (κ2) is 12.2. The predicted molar refractivity (Wildman–Crippen MR) is 80.4 cm³/mol. The fourth-order valence-corrected chi connectivity index (χ4v) is 2.43. The number of rotatable bonds is 12. The van der Waals surface area contributed by atoms with Gasteiger partial charge in [-0.3, -0.25) is 0 Å². The van der Waals surface area contributed by atoms with Gasteiger partial charge in [-0.1, -0.05) is 78.2 Å². The summed E-state index contributed by atoms with van der Waals surface area (Å²) >= 11 is 0. The second-order valence-corrected chi connectivity index (χ2v) is 5.86. The van der Waals surface area contributed by atoms with E-state index in [2.05, 4.69) is 27.4 Å². The van der Waals surface area contributed by atoms with Crippen molar-refractivity contribution in [3.05, 3.63) is 12.7 Å². The first-order valence-electron chi connectivity index (χ1n) is 7.81. The maximum atomic E-state index is 3.79. The quantitative estimate of drug-likeness (QED) is 0.274. The van der Waals surface area contributed by atoms with Crippen LogP contribution in [0.1, 0.15) is 85.0 Å². The maximum absolute atomic E-state index is 3.79. The van der Waals surface area contributed by atoms with E-state index in [-0.39, 0.29) is 0 Å². The molecule has 0 nitrogen and oxygen atoms in total. The van der Waals surface area contributed by atoms with Crippen molar-refractivity contribution in [2.24, 2.45) is 11.8 Å². The third-order valence-corrected chi connectivity index (χ3v) is 3.81. The van der Waals surface area contributed by atoms with Crippen molar-refractivity contribution >= 4 is 0 Å². The van der Waals surface area contributed by atoms with Gasteiger partial charge in [-0.25, -0.2) is 0 Å². The van der Waals surface area contributed by atoms with E-state index in [0.29, 0.717) is 0 Å². The lowest BCUT2D eigenvalue weighted by Gasteiger charge is -2.13. The molecule has 0 spiro atoms. The van der Waals surface area contributed by atoms with Crippen LogP contribution in [0.3, 0.4) is 0 Å². The molecule has 0 aliphatic rings. The molecule has 102 valence electrons. The molecule has 0 aliphatic carbocycles. The first-order valence-corrected chi connectivity index (χ1v) is 7.81. The Kier molecular flexibility index (Phi) is 12.0. The van der Waals surface area contributed by atoms with Crippen LogP contribution in [-0.4, -0.2) is 0 Å². The lowest BCUT2D eigenvalue weighted by molar-refractivity contribution is 0.402. The number of hydrogen-bond donors (Lipinski definition) is 0. The number of hydrogen-bond acceptors (Lipinski definition) is 0. The summed E-state index contributed by atoms with van der Waals surface area (Å²) in [5.74, 6) is 1.83. The van der Waals surface area contributed by atoms with Crippen LogP contribution in [0.5, 0.6) is 0 Å². The Labute approximate surface area is 110 Å². The van der Waals surface area contributed by atoms with E-state index in [1.165, 1.54) is 64.2 Å². The van der Waals surface area contributed by atoms with Crippen LogP contribution in [0.15, 0.2) is 12.7 Å². The lowest BCUT2D eigenvalue weighted by atomic mass is 9.93. The van der Waals surface area contributed by atoms with Gasteiger partial charge in [-0.05, 0) is 24.7 Å². The SMILES string of the molecule is C=CCC[C@H](C)CCC[C@H](C)CCCCCC. The zero-order valence-electron chi connectivity index (χ0n) is 12.5. The highest BCUT2D eigenvalue weighted by atomic mass is 14.1. The van der Waals surface area contributed by atoms with E-state index < -0.39 is 0 Å². The molecule has 2 atom stereocenters. The van der Waals surface area contributed by atoms with Crippen molar-refractivity contribution in [2.45, 2.75) is 85.0 Å². The summed E-state index contributed by atoms with van der Waals surface area (Å²) in [5, 5.41) is 0. The second-order valence-electron chi connectivity index (χ2n) is 5.86. The van der Waals surface area contributed by atoms with E-state index in [9.17, 15) is 0 Å². The average Bonchev–Trinajstić information content (AvgIpc) is 2.32. The summed E-state index contributed by atoms with van der Waals surface area (Å²) in [6, 6.07) is 0. The van der Waals surface area contributed by atoms with Crippen molar-refractivity contribution in [1.82, 2.24) is 0 Å². The molecule has 0 N–H and O–H groups in total. The normalized spacial score (nSPS) is 14.5. The molecule has 0 fully saturated rings. The van der Waals surface area contributed by atoms with Crippen LogP contribution in [-0.2, 0) is 0 Å². The van der Waals surface area contributed by atoms with Crippen molar-refractivity contribution in [2.75, 3.05) is 0 Å². The van der Waals surface area contributed by atoms with Gasteiger partial charge in [0, 0.05) is 0 Å². The van der Waals surface area contributed by atoms with Gasteiger partial charge in [0.25, 0.3) is 0 Å². The molecular weight excluding hydrogens is 204 g/mol. The lowest BCUT2D eigenvalue weighted by Crippen LogP contribution is -1.99. The largest absolute Gasteiger partial charge is 0.103 e. The van der Waals surface area contributed by atoms with Gasteiger partial charge in [0.05, 0.1) is 0 Å². The minimum absolute atomic E-state index is 0.889. The van der Waals surface area contributed by atoms with Crippen molar-refractivity contribution in [3.8, 4) is 0 Å². The standard InChI is InChI=1S/C17H34/c1-5-7-9-10-13-17(4)15-11-14-16(3)12-8-6-2/h6,16-17H,2,5,7-15H2,1,3-4H3/t16-,17+/m0/s1. The van der Waals surface area contributed by atoms with Gasteiger partial charge in [0.15, 0.2) is 0 Å². The van der Waals surface area contributed by atoms with Crippen LogP contribution < -0.4 is 0 Å². The zero-order valence-corrected chi connectivity index (χ0v) is 12.5. The third-order valence-electron chi connectivity index (χ3n) is 3.81. The molecular formula is C17H34. The molecule has 0 rings (SSSR count). The Hall–Kier alpha value is -0.260. The predicted octanol–water partition coefficient (Wildman–Crippen LogP) is 6.37. The monoisotopic (exact) mass is 238 g/mol. The summed E-state index contributed by atoms with van der Waals surface area (Å²) in [6.45, 7) is 10.9. The highest BCUT2D eigenvalue weighted by molar-refractivity contribution is 4.68. The minimum Gasteiger partial charge on any atom is -0.103 e. The molecule has 0 aliphatic heterocycles. The molecule has 0 bridgehead atoms. The van der Waals surface area contributed by atoms with Crippen molar-refractivity contribution < 1.29 is 0 Å². The minimum atomic E-state index is 0.889. The Bertz CT molecular complexity index is 159. The van der Waals surface area contributed by atoms with Crippen molar-refractivity contribution in [3.63, 3.8) is 0 Å². The van der Waals surface area contributed by atoms with Crippen LogP contribution >= 0.6 is 0 Å². The van der Waals surface area contributed by atoms with E-state index in [4.69, 9.17) is 0 Å². The van der Waals surface area contributed by atoms with E-state index in [0.717, 1.165) is 11.8 Å². The smallest absolute Gasteiger partial charge is 0.0351 e. The summed E-state index contributed by atoms with van der Waals surface area (Å²) in [5.41, 5.74) is 0. The van der Waals surface area contributed by atoms with Gasteiger partial charge < -0.3 is 0 Å². The molecule has 0 heteroatoms. The molecule has 0 aromatic carbocycles. The van der Waals surface area contributed by atoms with Gasteiger partial charge in [-0.15, -0.1) is 6.58 Å². The number of allylic oxidation sites excluding steroid dienone is 1. The Morgan fingerprint density at radius 2 is 1.41 bits per heavy atom. The molecule has 0 amide bonds. The molecule has 0 radical (unpaired) electrons. The van der Waals surface area contributed by atoms with E-state index >= 15 is 0 Å². The zero-order chi connectivity index (χ0) is 12.9. The van der Waals surface area contributed by atoms with Gasteiger partial charge in [-0.2, -0.15) is 0 Å². The molecule has 0 aromatic heterocycles. The molecule has 0 saturated carbocycles. The van der Waals surface area contributed by atoms with Crippen LogP contribution in [0.4, 0.5) is 0 Å². The van der Waals surface area contributed by atoms with E-state index in [1.807, 2.05) is 6.08 Å². The van der Waals surface area contributed by atoms with Crippen molar-refractivity contribution in [1.29, 1.82) is 0 Å². The summed E-state index contributed by atoms with van der Waals surface area (Å²) in [7, 11) is 0. The summed E-state index contributed by atoms with van der Waals surface area (Å²) in [4.78, 5) is 0. The highest BCUT2D eigenvalue weighted by Gasteiger charge is 2.05. The average molecular weight is 238 g/mol. The van der Waals surface area contributed by atoms with Crippen LogP contribution in [0.25, 0.3) is 0 Å². The Morgan fingerprint density at radius 3 is 2.00 bits per heavy atom. The molecule has 0 heterocycles. The molecule has 17 heavy (non-hydrogen) atoms. The Balaban J connectivity index is 3.31. The van der Waals surface area contributed by atoms with Gasteiger partial charge in [0.1, 0.15) is 0 Å². The summed E-state index contributed by atoms with van der Waals surface area (Å²) in [6.07, 6.45) is 15.9. The first kappa shape index (κ1) is 16.7. The molecule has 0 unspecified atom stereocenters. The van der Waals surface area contributed by atoms with Crippen LogP contribution in [0.2, 0.25) is 0 Å². The fourth-order valence-electron chi connectivity index (χ4n) is 2.43. The number of unbranched alkanes of at least 4 members (excludes halogenated alkanes) is 3. The molecule has 0 aromatic rings. The Morgan fingerprint density at radius 1 is 0.824 bits per heavy atom. The van der Waals surface area contributed by atoms with E-state index in [1.54, 1.807) is 0 Å². The summed E-state index contributed by atoms with van der Waals surface area (Å²) < 4.78 is 0. The first-order chi connectivity index (χ1) is 8.20. The maximum Gasteiger partial charge on any atom is -0.0351 e. The third kappa shape index (κ3) is 12.0.